The van der Waals surface area contributed by atoms with Crippen LogP contribution in [0.2, 0.25) is 0 Å². The number of hydrogen-bond donors (Lipinski definition) is 3. The molecule has 0 saturated carbocycles. The lowest BCUT2D eigenvalue weighted by Gasteiger charge is -2.23. The topological polar surface area (TPSA) is 105 Å². The minimum Gasteiger partial charge on any atom is -0.497 e. The van der Waals surface area contributed by atoms with Crippen molar-refractivity contribution in [3.63, 3.8) is 0 Å². The summed E-state index contributed by atoms with van der Waals surface area (Å²) < 4.78 is 6.53. The number of methoxy groups -OCH3 is 1. The Labute approximate surface area is 156 Å². The Hall–Kier alpha value is -2.81. The Balaban J connectivity index is 2.33. The number of unbranched alkanes of at least 4 members (excludes halogenated alkanes) is 1. The van der Waals surface area contributed by atoms with Crippen LogP contribution >= 0.6 is 12.2 Å². The molecule has 0 atom stereocenters. The third-order valence-electron chi connectivity index (χ3n) is 3.91. The molecule has 0 fully saturated rings. The number of thiocarbonyl (C=S) groups is 1. The van der Waals surface area contributed by atoms with Gasteiger partial charge in [-0.3, -0.25) is 14.3 Å². The van der Waals surface area contributed by atoms with Crippen molar-refractivity contribution in [2.24, 2.45) is 0 Å². The van der Waals surface area contributed by atoms with Gasteiger partial charge in [-0.25, -0.2) is 4.79 Å². The maximum absolute atomic E-state index is 12.3. The number of anilines is 3. The van der Waals surface area contributed by atoms with Crippen LogP contribution in [0.25, 0.3) is 0 Å². The first-order chi connectivity index (χ1) is 12.4. The number of nitrogens with one attached hydrogen (secondary N) is 2. The molecule has 0 radical (unpaired) electrons. The minimum atomic E-state index is -0.586. The summed E-state index contributed by atoms with van der Waals surface area (Å²) in [5.41, 5.74) is 5.82. The van der Waals surface area contributed by atoms with E-state index in [4.69, 9.17) is 22.7 Å². The highest BCUT2D eigenvalue weighted by atomic mass is 32.1. The van der Waals surface area contributed by atoms with Crippen molar-refractivity contribution < 1.29 is 4.74 Å². The summed E-state index contributed by atoms with van der Waals surface area (Å²) in [5, 5.41) is 3.29. The number of nitrogens with zero attached hydrogens (tertiary/aromatic N) is 2. The number of rotatable bonds is 6. The van der Waals surface area contributed by atoms with Gasteiger partial charge in [-0.2, -0.15) is 0 Å². The molecule has 0 saturated heterocycles. The molecule has 1 heterocycles. The van der Waals surface area contributed by atoms with Crippen LogP contribution in [0.1, 0.15) is 19.8 Å². The molecule has 2 rings (SSSR count). The second-order valence-electron chi connectivity index (χ2n) is 5.72. The van der Waals surface area contributed by atoms with Gasteiger partial charge >= 0.3 is 5.69 Å². The second kappa shape index (κ2) is 8.52. The van der Waals surface area contributed by atoms with Crippen LogP contribution in [0.5, 0.6) is 5.75 Å². The molecule has 1 aromatic heterocycles. The van der Waals surface area contributed by atoms with Crippen LogP contribution in [-0.2, 0) is 6.54 Å². The minimum absolute atomic E-state index is 0.0875. The van der Waals surface area contributed by atoms with Gasteiger partial charge in [0.25, 0.3) is 5.56 Å². The number of aromatic amines is 1. The van der Waals surface area contributed by atoms with E-state index < -0.39 is 11.2 Å². The van der Waals surface area contributed by atoms with E-state index in [2.05, 4.69) is 10.3 Å². The molecule has 0 unspecified atom stereocenters. The summed E-state index contributed by atoms with van der Waals surface area (Å²) in [6, 6.07) is 7.22. The molecule has 0 amide bonds. The standard InChI is InChI=1S/C17H23N5O3S/c1-4-5-9-22-14(18)13(15(23)20-16(22)24)21(2)17(26)19-11-7-6-8-12(10-11)25-3/h6-8,10H,4-5,9,18H2,1-3H3,(H,19,26)(H,20,23,24). The molecule has 1 aromatic carbocycles. The molecular formula is C17H23N5O3S. The van der Waals surface area contributed by atoms with Gasteiger partial charge in [-0.1, -0.05) is 19.4 Å². The van der Waals surface area contributed by atoms with Crippen LogP contribution in [0.3, 0.4) is 0 Å². The average molecular weight is 377 g/mol. The Kier molecular flexibility index (Phi) is 6.40. The summed E-state index contributed by atoms with van der Waals surface area (Å²) in [6.45, 7) is 2.43. The van der Waals surface area contributed by atoms with Gasteiger partial charge in [-0.05, 0) is 30.8 Å². The van der Waals surface area contributed by atoms with Crippen LogP contribution in [-0.4, -0.2) is 28.8 Å². The summed E-state index contributed by atoms with van der Waals surface area (Å²) in [6.07, 6.45) is 1.66. The molecular weight excluding hydrogens is 354 g/mol. The zero-order valence-electron chi connectivity index (χ0n) is 15.0. The fourth-order valence-corrected chi connectivity index (χ4v) is 2.66. The molecule has 2 aromatic rings. The van der Waals surface area contributed by atoms with Crippen LogP contribution in [0, 0.1) is 0 Å². The highest BCUT2D eigenvalue weighted by molar-refractivity contribution is 7.80. The van der Waals surface area contributed by atoms with E-state index >= 15 is 0 Å². The number of aromatic nitrogens is 2. The van der Waals surface area contributed by atoms with Crippen molar-refractivity contribution >= 4 is 34.5 Å². The fourth-order valence-electron chi connectivity index (χ4n) is 2.45. The number of nitrogen functional groups attached to an aromatic ring is 1. The van der Waals surface area contributed by atoms with Crippen LogP contribution < -0.4 is 31.9 Å². The third kappa shape index (κ3) is 4.23. The summed E-state index contributed by atoms with van der Waals surface area (Å²) in [7, 11) is 3.19. The van der Waals surface area contributed by atoms with Crippen LogP contribution in [0.15, 0.2) is 33.9 Å². The van der Waals surface area contributed by atoms with Gasteiger partial charge in [0, 0.05) is 25.3 Å². The number of nitrogens with two attached hydrogens (primary N) is 1. The Morgan fingerprint density at radius 3 is 2.81 bits per heavy atom. The van der Waals surface area contributed by atoms with Crippen molar-refractivity contribution in [2.45, 2.75) is 26.3 Å². The molecule has 0 aliphatic rings. The van der Waals surface area contributed by atoms with E-state index in [1.54, 1.807) is 20.2 Å². The monoisotopic (exact) mass is 377 g/mol. The first-order valence-corrected chi connectivity index (χ1v) is 8.61. The Morgan fingerprint density at radius 1 is 1.42 bits per heavy atom. The molecule has 0 bridgehead atoms. The first kappa shape index (κ1) is 19.5. The zero-order chi connectivity index (χ0) is 19.3. The van der Waals surface area contributed by atoms with Gasteiger partial charge in [0.2, 0.25) is 0 Å². The summed E-state index contributed by atoms with van der Waals surface area (Å²) >= 11 is 5.38. The van der Waals surface area contributed by atoms with Crippen molar-refractivity contribution in [3.8, 4) is 5.75 Å². The highest BCUT2D eigenvalue weighted by Crippen LogP contribution is 2.20. The molecule has 140 valence electrons. The number of ether oxygens (including phenoxy) is 1. The van der Waals surface area contributed by atoms with Crippen molar-refractivity contribution in [3.05, 3.63) is 45.1 Å². The normalized spacial score (nSPS) is 10.4. The molecule has 26 heavy (non-hydrogen) atoms. The molecule has 8 nitrogen and oxygen atoms in total. The number of hydrogen-bond acceptors (Lipinski definition) is 5. The predicted molar refractivity (Wildman–Crippen MR) is 108 cm³/mol. The lowest BCUT2D eigenvalue weighted by atomic mass is 10.3. The van der Waals surface area contributed by atoms with Crippen molar-refractivity contribution in [1.82, 2.24) is 9.55 Å². The lowest BCUT2D eigenvalue weighted by molar-refractivity contribution is 0.415. The zero-order valence-corrected chi connectivity index (χ0v) is 15.9. The van der Waals surface area contributed by atoms with Gasteiger partial charge in [0.05, 0.1) is 7.11 Å². The highest BCUT2D eigenvalue weighted by Gasteiger charge is 2.19. The van der Waals surface area contributed by atoms with E-state index in [9.17, 15) is 9.59 Å². The molecule has 0 aliphatic heterocycles. The smallest absolute Gasteiger partial charge is 0.330 e. The SMILES string of the molecule is CCCCn1c(N)c(N(C)C(=S)Nc2cccc(OC)c2)c(=O)[nH]c1=O. The number of H-pyrrole nitrogens is 1. The van der Waals surface area contributed by atoms with Crippen molar-refractivity contribution in [2.75, 3.05) is 30.1 Å². The third-order valence-corrected chi connectivity index (χ3v) is 4.29. The predicted octanol–water partition coefficient (Wildman–Crippen LogP) is 1.76. The van der Waals surface area contributed by atoms with E-state index in [1.165, 1.54) is 9.47 Å². The first-order valence-electron chi connectivity index (χ1n) is 8.20. The summed E-state index contributed by atoms with van der Waals surface area (Å²) in [5.74, 6) is 0.760. The largest absolute Gasteiger partial charge is 0.497 e. The van der Waals surface area contributed by atoms with E-state index in [0.29, 0.717) is 18.0 Å². The second-order valence-corrected chi connectivity index (χ2v) is 6.11. The summed E-state index contributed by atoms with van der Waals surface area (Å²) in [4.78, 5) is 28.1. The quantitative estimate of drug-likeness (QED) is 0.659. The van der Waals surface area contributed by atoms with E-state index in [-0.39, 0.29) is 16.6 Å². The average Bonchev–Trinajstić information content (AvgIpc) is 2.61. The fraction of sp³-hybridized carbons (Fsp3) is 0.353. The molecule has 0 spiro atoms. The van der Waals surface area contributed by atoms with E-state index in [0.717, 1.165) is 12.8 Å². The van der Waals surface area contributed by atoms with Crippen molar-refractivity contribution in [1.29, 1.82) is 0 Å². The Morgan fingerprint density at radius 2 is 2.15 bits per heavy atom. The number of benzene rings is 1. The van der Waals surface area contributed by atoms with Crippen LogP contribution in [0.4, 0.5) is 17.2 Å². The van der Waals surface area contributed by atoms with Gasteiger partial charge in [0.1, 0.15) is 17.3 Å². The van der Waals surface area contributed by atoms with E-state index in [1.807, 2.05) is 25.1 Å². The van der Waals surface area contributed by atoms with Gasteiger partial charge < -0.3 is 20.7 Å². The molecule has 4 N–H and O–H groups in total. The molecule has 9 heteroatoms. The Bertz CT molecular complexity index is 906. The van der Waals surface area contributed by atoms with Gasteiger partial charge in [-0.15, -0.1) is 0 Å². The maximum Gasteiger partial charge on any atom is 0.330 e. The maximum atomic E-state index is 12.3. The lowest BCUT2D eigenvalue weighted by Crippen LogP contribution is -2.40. The molecule has 0 aliphatic carbocycles. The van der Waals surface area contributed by atoms with Gasteiger partial charge in [0.15, 0.2) is 5.11 Å².